The summed E-state index contributed by atoms with van der Waals surface area (Å²) in [6, 6.07) is 4.22. The zero-order chi connectivity index (χ0) is 18.3. The van der Waals surface area contributed by atoms with Crippen molar-refractivity contribution in [2.45, 2.75) is 36.5 Å². The molecule has 1 unspecified atom stereocenters. The highest BCUT2D eigenvalue weighted by Gasteiger charge is 2.81. The van der Waals surface area contributed by atoms with Gasteiger partial charge >= 0.3 is 23.9 Å². The quantitative estimate of drug-likeness (QED) is 0.700. The number of aliphatic hydroxyl groups excluding tert-OH is 1. The van der Waals surface area contributed by atoms with Gasteiger partial charge in [-0.15, -0.1) is 0 Å². The van der Waals surface area contributed by atoms with Crippen molar-refractivity contribution in [1.29, 1.82) is 0 Å². The van der Waals surface area contributed by atoms with E-state index in [0.29, 0.717) is 0 Å². The fourth-order valence-corrected chi connectivity index (χ4v) is 1.81. The van der Waals surface area contributed by atoms with Crippen LogP contribution in [0.25, 0.3) is 0 Å². The molecule has 0 aromatic heterocycles. The third-order valence-electron chi connectivity index (χ3n) is 2.89. The molecule has 132 valence electrons. The molecule has 0 bridgehead atoms. The summed E-state index contributed by atoms with van der Waals surface area (Å²) in [4.78, 5) is 0. The summed E-state index contributed by atoms with van der Waals surface area (Å²) in [5.41, 5.74) is -0.441. The zero-order valence-electron chi connectivity index (χ0n) is 10.8. The Hall–Kier alpha value is -1.16. The number of halogens is 10. The van der Waals surface area contributed by atoms with E-state index in [1.165, 1.54) is 6.07 Å². The minimum absolute atomic E-state index is 0.0859. The van der Waals surface area contributed by atoms with Gasteiger partial charge < -0.3 is 5.11 Å². The summed E-state index contributed by atoms with van der Waals surface area (Å²) in [5, 5.41) is 9.33. The third kappa shape index (κ3) is 3.68. The Morgan fingerprint density at radius 1 is 0.913 bits per heavy atom. The van der Waals surface area contributed by atoms with E-state index in [1.807, 2.05) is 0 Å². The first-order valence-corrected chi connectivity index (χ1v) is 6.15. The largest absolute Gasteiger partial charge is 0.460 e. The molecule has 0 fully saturated rings. The molecule has 1 N–H and O–H groups in total. The molecule has 1 rings (SSSR count). The van der Waals surface area contributed by atoms with Crippen LogP contribution in [-0.2, 0) is 0 Å². The van der Waals surface area contributed by atoms with Crippen LogP contribution in [0.5, 0.6) is 0 Å². The van der Waals surface area contributed by atoms with Gasteiger partial charge in [0.1, 0.15) is 0 Å². The fourth-order valence-electron chi connectivity index (χ4n) is 1.61. The maximum absolute atomic E-state index is 13.3. The van der Waals surface area contributed by atoms with Gasteiger partial charge in [-0.2, -0.15) is 39.5 Å². The minimum atomic E-state index is -6.97. The number of benzene rings is 1. The van der Waals surface area contributed by atoms with Crippen molar-refractivity contribution in [3.05, 3.63) is 34.9 Å². The second-order valence-electron chi connectivity index (χ2n) is 4.63. The summed E-state index contributed by atoms with van der Waals surface area (Å²) in [5.74, 6) is -19.6. The molecule has 0 aliphatic heterocycles. The molecule has 1 atom stereocenters. The number of rotatable bonds is 5. The van der Waals surface area contributed by atoms with Crippen molar-refractivity contribution >= 4 is 11.6 Å². The van der Waals surface area contributed by atoms with Gasteiger partial charge in [-0.05, 0) is 17.7 Å². The molecule has 0 heterocycles. The number of alkyl halides is 9. The zero-order valence-corrected chi connectivity index (χ0v) is 11.6. The van der Waals surface area contributed by atoms with E-state index in [1.54, 1.807) is 0 Å². The van der Waals surface area contributed by atoms with Crippen LogP contribution in [-0.4, -0.2) is 29.1 Å². The molecule has 0 aliphatic carbocycles. The Morgan fingerprint density at radius 3 is 1.87 bits per heavy atom. The predicted octanol–water partition coefficient (Wildman–Crippen LogP) is 5.23. The highest BCUT2D eigenvalue weighted by molar-refractivity contribution is 6.30. The first-order valence-electron chi connectivity index (χ1n) is 5.77. The average molecular weight is 375 g/mol. The third-order valence-corrected chi connectivity index (χ3v) is 3.13. The van der Waals surface area contributed by atoms with Crippen LogP contribution in [0.4, 0.5) is 39.5 Å². The van der Waals surface area contributed by atoms with E-state index in [4.69, 9.17) is 11.6 Å². The van der Waals surface area contributed by atoms with Crippen LogP contribution < -0.4 is 0 Å². The molecule has 0 spiro atoms. The van der Waals surface area contributed by atoms with Crippen LogP contribution in [0, 0.1) is 0 Å². The molecular weight excluding hydrogens is 367 g/mol. The highest BCUT2D eigenvalue weighted by atomic mass is 35.5. The first kappa shape index (κ1) is 19.9. The van der Waals surface area contributed by atoms with Gasteiger partial charge in [0.05, 0.1) is 6.10 Å². The molecule has 11 heteroatoms. The predicted molar refractivity (Wildman–Crippen MR) is 61.9 cm³/mol. The Morgan fingerprint density at radius 2 is 1.43 bits per heavy atom. The molecular formula is C12H8ClF9O. The maximum Gasteiger partial charge on any atom is 0.460 e. The van der Waals surface area contributed by atoms with Gasteiger partial charge in [-0.25, -0.2) is 0 Å². The van der Waals surface area contributed by atoms with E-state index in [9.17, 15) is 44.6 Å². The van der Waals surface area contributed by atoms with Crippen LogP contribution >= 0.6 is 11.6 Å². The van der Waals surface area contributed by atoms with Crippen LogP contribution in [0.1, 0.15) is 18.1 Å². The molecule has 0 saturated carbocycles. The SMILES string of the molecule is OC(CC(F)(F)C(F)(F)C(F)(F)C(F)(F)F)c1cccc(Cl)c1. The molecule has 0 saturated heterocycles. The molecule has 1 nitrogen and oxygen atoms in total. The Labute approximate surface area is 128 Å². The minimum Gasteiger partial charge on any atom is -0.388 e. The van der Waals surface area contributed by atoms with Crippen molar-refractivity contribution in [2.24, 2.45) is 0 Å². The number of aliphatic hydroxyl groups is 1. The highest BCUT2D eigenvalue weighted by Crippen LogP contribution is 2.55. The average Bonchev–Trinajstić information content (AvgIpc) is 2.36. The van der Waals surface area contributed by atoms with Crippen molar-refractivity contribution in [1.82, 2.24) is 0 Å². The summed E-state index contributed by atoms with van der Waals surface area (Å²) in [6.07, 6.45) is -11.7. The van der Waals surface area contributed by atoms with Crippen molar-refractivity contribution in [3.8, 4) is 0 Å². The Balaban J connectivity index is 3.10. The number of hydrogen-bond donors (Lipinski definition) is 1. The van der Waals surface area contributed by atoms with Crippen LogP contribution in [0.3, 0.4) is 0 Å². The van der Waals surface area contributed by atoms with E-state index >= 15 is 0 Å². The van der Waals surface area contributed by atoms with E-state index in [-0.39, 0.29) is 5.02 Å². The van der Waals surface area contributed by atoms with Gasteiger partial charge in [0, 0.05) is 11.4 Å². The van der Waals surface area contributed by atoms with Crippen molar-refractivity contribution < 1.29 is 44.6 Å². The Bertz CT molecular complexity index is 556. The monoisotopic (exact) mass is 374 g/mol. The summed E-state index contributed by atoms with van der Waals surface area (Å²) < 4.78 is 114. The Kier molecular flexibility index (Phi) is 5.23. The van der Waals surface area contributed by atoms with Gasteiger partial charge in [0.25, 0.3) is 0 Å². The van der Waals surface area contributed by atoms with Gasteiger partial charge in [-0.1, -0.05) is 23.7 Å². The maximum atomic E-state index is 13.3. The topological polar surface area (TPSA) is 20.2 Å². The summed E-state index contributed by atoms with van der Waals surface area (Å²) in [6.45, 7) is 0. The molecule has 23 heavy (non-hydrogen) atoms. The van der Waals surface area contributed by atoms with E-state index < -0.39 is 42.0 Å². The molecule has 1 aromatic carbocycles. The van der Waals surface area contributed by atoms with Crippen molar-refractivity contribution in [3.63, 3.8) is 0 Å². The van der Waals surface area contributed by atoms with E-state index in [0.717, 1.165) is 18.2 Å². The lowest BCUT2D eigenvalue weighted by molar-refractivity contribution is -0.398. The standard InChI is InChI=1S/C12H8ClF9O/c13-7-3-1-2-6(4-7)8(23)5-9(14,15)10(16,17)11(18,19)12(20,21)22/h1-4,8,23H,5H2. The lowest BCUT2D eigenvalue weighted by Crippen LogP contribution is -2.61. The summed E-state index contributed by atoms with van der Waals surface area (Å²) >= 11 is 5.47. The molecule has 0 aliphatic rings. The lowest BCUT2D eigenvalue weighted by Gasteiger charge is -2.34. The second-order valence-corrected chi connectivity index (χ2v) is 5.06. The smallest absolute Gasteiger partial charge is 0.388 e. The van der Waals surface area contributed by atoms with Gasteiger partial charge in [0.15, 0.2) is 0 Å². The summed E-state index contributed by atoms with van der Waals surface area (Å²) in [7, 11) is 0. The second kappa shape index (κ2) is 6.04. The normalized spacial score (nSPS) is 15.6. The van der Waals surface area contributed by atoms with Crippen molar-refractivity contribution in [2.75, 3.05) is 0 Å². The molecule has 0 radical (unpaired) electrons. The lowest BCUT2D eigenvalue weighted by atomic mass is 9.95. The van der Waals surface area contributed by atoms with Gasteiger partial charge in [0.2, 0.25) is 0 Å². The number of hydrogen-bond acceptors (Lipinski definition) is 1. The van der Waals surface area contributed by atoms with Crippen LogP contribution in [0.15, 0.2) is 24.3 Å². The first-order chi connectivity index (χ1) is 10.1. The van der Waals surface area contributed by atoms with Gasteiger partial charge in [-0.3, -0.25) is 0 Å². The molecule has 0 amide bonds. The van der Waals surface area contributed by atoms with Crippen LogP contribution in [0.2, 0.25) is 5.02 Å². The fraction of sp³-hybridized carbons (Fsp3) is 0.500. The van der Waals surface area contributed by atoms with E-state index in [2.05, 4.69) is 0 Å². The molecule has 1 aromatic rings.